The molecule has 3 aromatic rings. The normalized spacial score (nSPS) is 10.4. The lowest BCUT2D eigenvalue weighted by molar-refractivity contribution is -0.118. The van der Waals surface area contributed by atoms with Gasteiger partial charge in [0.2, 0.25) is 0 Å². The lowest BCUT2D eigenvalue weighted by Gasteiger charge is -2.08. The Kier molecular flexibility index (Phi) is 5.02. The molecule has 1 aromatic heterocycles. The molecule has 2 aromatic carbocycles. The minimum atomic E-state index is -0.240. The molecule has 0 unspecified atom stereocenters. The molecule has 0 aliphatic carbocycles. The summed E-state index contributed by atoms with van der Waals surface area (Å²) in [5.74, 6) is 0.962. The Hall–Kier alpha value is -2.93. The number of nitrogens with one attached hydrogen (secondary N) is 2. The van der Waals surface area contributed by atoms with E-state index in [2.05, 4.69) is 25.9 Å². The summed E-state index contributed by atoms with van der Waals surface area (Å²) >= 11 is 5.79. The number of anilines is 1. The first-order chi connectivity index (χ1) is 11.7. The fourth-order valence-electron chi connectivity index (χ4n) is 2.02. The van der Waals surface area contributed by atoms with Crippen LogP contribution in [0.2, 0.25) is 5.02 Å². The van der Waals surface area contributed by atoms with Crippen molar-refractivity contribution in [3.8, 4) is 5.75 Å². The molecule has 0 radical (unpaired) electrons. The third-order valence-corrected chi connectivity index (χ3v) is 3.42. The maximum atomic E-state index is 11.9. The van der Waals surface area contributed by atoms with Crippen LogP contribution in [0, 0.1) is 0 Å². The molecule has 2 N–H and O–H groups in total. The van der Waals surface area contributed by atoms with Gasteiger partial charge >= 0.3 is 0 Å². The second kappa shape index (κ2) is 7.56. The van der Waals surface area contributed by atoms with Crippen LogP contribution >= 0.6 is 11.6 Å². The molecular weight excluding hydrogens is 330 g/mol. The van der Waals surface area contributed by atoms with E-state index in [1.54, 1.807) is 24.3 Å². The maximum absolute atomic E-state index is 11.9. The zero-order chi connectivity index (χ0) is 16.8. The first-order valence-electron chi connectivity index (χ1n) is 7.18. The minimum absolute atomic E-state index is 0.0771. The molecule has 0 spiro atoms. The fourth-order valence-corrected chi connectivity index (χ4v) is 2.15. The number of tetrazole rings is 1. The van der Waals surface area contributed by atoms with Gasteiger partial charge in [-0.1, -0.05) is 28.9 Å². The number of carbonyl (C=O) groups is 1. The summed E-state index contributed by atoms with van der Waals surface area (Å²) in [4.78, 5) is 11.9. The van der Waals surface area contributed by atoms with E-state index in [0.29, 0.717) is 28.7 Å². The second-order valence-electron chi connectivity index (χ2n) is 4.99. The fraction of sp³-hybridized carbons (Fsp3) is 0.125. The first kappa shape index (κ1) is 15.9. The van der Waals surface area contributed by atoms with Crippen LogP contribution in [-0.2, 0) is 11.2 Å². The monoisotopic (exact) mass is 343 g/mol. The number of benzene rings is 2. The number of amides is 1. The molecule has 0 aliphatic rings. The molecule has 0 bridgehead atoms. The standard InChI is InChI=1S/C16H14ClN5O2/c17-12-3-7-14(8-4-12)24-10-16(23)18-13-5-1-11(2-6-13)9-15-19-21-22-20-15/h1-8H,9-10H2,(H,18,23)(H,19,20,21,22). The molecule has 8 heteroatoms. The molecule has 24 heavy (non-hydrogen) atoms. The molecule has 122 valence electrons. The van der Waals surface area contributed by atoms with Crippen molar-refractivity contribution in [2.75, 3.05) is 11.9 Å². The SMILES string of the molecule is O=C(COc1ccc(Cl)cc1)Nc1ccc(Cc2nn[nH]n2)cc1. The Balaban J connectivity index is 1.49. The van der Waals surface area contributed by atoms with E-state index < -0.39 is 0 Å². The van der Waals surface area contributed by atoms with E-state index in [-0.39, 0.29) is 12.5 Å². The van der Waals surface area contributed by atoms with Gasteiger partial charge in [0, 0.05) is 17.1 Å². The van der Waals surface area contributed by atoms with Crippen LogP contribution in [0.4, 0.5) is 5.69 Å². The van der Waals surface area contributed by atoms with E-state index >= 15 is 0 Å². The van der Waals surface area contributed by atoms with Gasteiger partial charge in [0.15, 0.2) is 12.4 Å². The Morgan fingerprint density at radius 1 is 1.12 bits per heavy atom. The second-order valence-corrected chi connectivity index (χ2v) is 5.43. The van der Waals surface area contributed by atoms with Crippen LogP contribution in [0.5, 0.6) is 5.75 Å². The zero-order valence-electron chi connectivity index (χ0n) is 12.6. The minimum Gasteiger partial charge on any atom is -0.484 e. The predicted molar refractivity (Wildman–Crippen MR) is 89.0 cm³/mol. The summed E-state index contributed by atoms with van der Waals surface area (Å²) in [6.45, 7) is -0.0771. The van der Waals surface area contributed by atoms with E-state index in [4.69, 9.17) is 16.3 Å². The zero-order valence-corrected chi connectivity index (χ0v) is 13.3. The number of carbonyl (C=O) groups excluding carboxylic acids is 1. The van der Waals surface area contributed by atoms with Crippen molar-refractivity contribution in [1.29, 1.82) is 0 Å². The van der Waals surface area contributed by atoms with Crippen LogP contribution in [0.3, 0.4) is 0 Å². The number of aromatic amines is 1. The van der Waals surface area contributed by atoms with Crippen LogP contribution in [0.1, 0.15) is 11.4 Å². The molecule has 0 aliphatic heterocycles. The van der Waals surface area contributed by atoms with Gasteiger partial charge in [-0.15, -0.1) is 10.2 Å². The van der Waals surface area contributed by atoms with Crippen molar-refractivity contribution in [2.45, 2.75) is 6.42 Å². The molecule has 0 atom stereocenters. The van der Waals surface area contributed by atoms with Gasteiger partial charge in [0.1, 0.15) is 5.75 Å². The highest BCUT2D eigenvalue weighted by atomic mass is 35.5. The summed E-state index contributed by atoms with van der Waals surface area (Å²) in [6, 6.07) is 14.3. The van der Waals surface area contributed by atoms with E-state index in [0.717, 1.165) is 5.56 Å². The largest absolute Gasteiger partial charge is 0.484 e. The molecule has 3 rings (SSSR count). The maximum Gasteiger partial charge on any atom is 0.262 e. The van der Waals surface area contributed by atoms with Crippen molar-refractivity contribution in [1.82, 2.24) is 20.6 Å². The number of rotatable bonds is 6. The number of nitrogens with zero attached hydrogens (tertiary/aromatic N) is 3. The van der Waals surface area contributed by atoms with Gasteiger partial charge in [0.05, 0.1) is 0 Å². The lowest BCUT2D eigenvalue weighted by atomic mass is 10.1. The number of ether oxygens (including phenoxy) is 1. The number of halogens is 1. The molecular formula is C16H14ClN5O2. The Bertz CT molecular complexity index is 788. The van der Waals surface area contributed by atoms with Gasteiger partial charge in [-0.2, -0.15) is 5.21 Å². The molecule has 0 saturated carbocycles. The molecule has 0 fully saturated rings. The third kappa shape index (κ3) is 4.53. The van der Waals surface area contributed by atoms with Gasteiger partial charge in [-0.3, -0.25) is 4.79 Å². The number of H-pyrrole nitrogens is 1. The molecule has 1 amide bonds. The van der Waals surface area contributed by atoms with Crippen molar-refractivity contribution in [3.05, 3.63) is 64.9 Å². The average Bonchev–Trinajstić information content (AvgIpc) is 3.09. The van der Waals surface area contributed by atoms with Crippen molar-refractivity contribution >= 4 is 23.2 Å². The average molecular weight is 344 g/mol. The summed E-state index contributed by atoms with van der Waals surface area (Å²) in [7, 11) is 0. The van der Waals surface area contributed by atoms with Gasteiger partial charge in [0.25, 0.3) is 5.91 Å². The highest BCUT2D eigenvalue weighted by Gasteiger charge is 2.05. The van der Waals surface area contributed by atoms with Crippen molar-refractivity contribution in [3.63, 3.8) is 0 Å². The van der Waals surface area contributed by atoms with Crippen LogP contribution in [0.25, 0.3) is 0 Å². The molecule has 0 saturated heterocycles. The summed E-state index contributed by atoms with van der Waals surface area (Å²) in [5, 5.41) is 17.1. The number of hydrogen-bond acceptors (Lipinski definition) is 5. The Morgan fingerprint density at radius 3 is 2.54 bits per heavy atom. The lowest BCUT2D eigenvalue weighted by Crippen LogP contribution is -2.20. The van der Waals surface area contributed by atoms with Gasteiger partial charge in [-0.25, -0.2) is 0 Å². The van der Waals surface area contributed by atoms with Crippen LogP contribution in [0.15, 0.2) is 48.5 Å². The quantitative estimate of drug-likeness (QED) is 0.717. The van der Waals surface area contributed by atoms with Gasteiger partial charge in [-0.05, 0) is 42.0 Å². The third-order valence-electron chi connectivity index (χ3n) is 3.17. The number of aromatic nitrogens is 4. The molecule has 7 nitrogen and oxygen atoms in total. The van der Waals surface area contributed by atoms with Gasteiger partial charge < -0.3 is 10.1 Å². The van der Waals surface area contributed by atoms with Crippen LogP contribution in [-0.4, -0.2) is 33.1 Å². The Labute approximate surface area is 143 Å². The summed E-state index contributed by atoms with van der Waals surface area (Å²) in [5.41, 5.74) is 1.71. The van der Waals surface area contributed by atoms with E-state index in [1.165, 1.54) is 0 Å². The summed E-state index contributed by atoms with van der Waals surface area (Å²) in [6.07, 6.45) is 0.574. The van der Waals surface area contributed by atoms with Crippen molar-refractivity contribution in [2.24, 2.45) is 0 Å². The highest BCUT2D eigenvalue weighted by molar-refractivity contribution is 6.30. The predicted octanol–water partition coefficient (Wildman–Crippen LogP) is 2.46. The first-order valence-corrected chi connectivity index (χ1v) is 7.56. The van der Waals surface area contributed by atoms with Crippen LogP contribution < -0.4 is 10.1 Å². The topological polar surface area (TPSA) is 92.8 Å². The van der Waals surface area contributed by atoms with Crippen molar-refractivity contribution < 1.29 is 9.53 Å². The Morgan fingerprint density at radius 2 is 1.88 bits per heavy atom. The highest BCUT2D eigenvalue weighted by Crippen LogP contribution is 2.16. The van der Waals surface area contributed by atoms with E-state index in [1.807, 2.05) is 24.3 Å². The smallest absolute Gasteiger partial charge is 0.262 e. The van der Waals surface area contributed by atoms with E-state index in [9.17, 15) is 4.79 Å². The molecule has 1 heterocycles. The number of hydrogen-bond donors (Lipinski definition) is 2. The summed E-state index contributed by atoms with van der Waals surface area (Å²) < 4.78 is 5.39.